The third-order valence-corrected chi connectivity index (χ3v) is 1.33. The quantitative estimate of drug-likeness (QED) is 0.725. The van der Waals surface area contributed by atoms with Crippen molar-refractivity contribution in [1.82, 2.24) is 4.98 Å². The van der Waals surface area contributed by atoms with Gasteiger partial charge in [0.05, 0.1) is 5.56 Å². The summed E-state index contributed by atoms with van der Waals surface area (Å²) in [6.07, 6.45) is -2.97. The number of carboxylic acids is 1. The van der Waals surface area contributed by atoms with Gasteiger partial charge >= 0.3 is 5.97 Å². The van der Waals surface area contributed by atoms with Gasteiger partial charge in [-0.1, -0.05) is 0 Å². The van der Waals surface area contributed by atoms with E-state index in [1.165, 1.54) is 0 Å². The Morgan fingerprint density at radius 1 is 1.46 bits per heavy atom. The Bertz CT molecular complexity index is 341. The van der Waals surface area contributed by atoms with E-state index in [9.17, 15) is 18.0 Å². The molecule has 6 heteroatoms. The number of pyridine rings is 1. The molecule has 0 fully saturated rings. The van der Waals surface area contributed by atoms with Crippen LogP contribution in [0, 0.1) is 5.95 Å². The van der Waals surface area contributed by atoms with Crippen LogP contribution >= 0.6 is 0 Å². The highest BCUT2D eigenvalue weighted by Gasteiger charge is 2.19. The van der Waals surface area contributed by atoms with Crippen molar-refractivity contribution in [2.24, 2.45) is 0 Å². The van der Waals surface area contributed by atoms with Gasteiger partial charge in [0.2, 0.25) is 5.95 Å². The van der Waals surface area contributed by atoms with Crippen molar-refractivity contribution in [3.63, 3.8) is 0 Å². The van der Waals surface area contributed by atoms with E-state index in [0.717, 1.165) is 0 Å². The summed E-state index contributed by atoms with van der Waals surface area (Å²) in [5.74, 6) is -2.77. The van der Waals surface area contributed by atoms with Gasteiger partial charge in [-0.25, -0.2) is 18.6 Å². The number of carboxylic acid groups (broad SMARTS) is 1. The third kappa shape index (κ3) is 1.95. The van der Waals surface area contributed by atoms with E-state index in [4.69, 9.17) is 5.11 Å². The minimum absolute atomic E-state index is 0.688. The lowest BCUT2D eigenvalue weighted by Crippen LogP contribution is -2.07. The van der Waals surface area contributed by atoms with Crippen LogP contribution in [0.25, 0.3) is 0 Å². The maximum absolute atomic E-state index is 12.4. The molecule has 0 unspecified atom stereocenters. The summed E-state index contributed by atoms with van der Waals surface area (Å²) in [5, 5.41) is 8.38. The molecule has 3 nitrogen and oxygen atoms in total. The number of halogens is 3. The summed E-state index contributed by atoms with van der Waals surface area (Å²) in [5.41, 5.74) is -1.73. The second kappa shape index (κ2) is 3.42. The Morgan fingerprint density at radius 2 is 2.08 bits per heavy atom. The molecule has 0 aromatic carbocycles. The second-order valence-corrected chi connectivity index (χ2v) is 2.18. The number of alkyl halides is 2. The van der Waals surface area contributed by atoms with Gasteiger partial charge in [0.25, 0.3) is 6.43 Å². The molecule has 0 bridgehead atoms. The molecule has 13 heavy (non-hydrogen) atoms. The summed E-state index contributed by atoms with van der Waals surface area (Å²) in [4.78, 5) is 13.2. The van der Waals surface area contributed by atoms with Crippen molar-refractivity contribution in [2.45, 2.75) is 6.43 Å². The highest BCUT2D eigenvalue weighted by molar-refractivity contribution is 5.87. The molecule has 0 aliphatic carbocycles. The molecule has 1 aromatic rings. The number of aromatic nitrogens is 1. The first-order valence-electron chi connectivity index (χ1n) is 3.20. The van der Waals surface area contributed by atoms with Gasteiger partial charge in [0.15, 0.2) is 5.69 Å². The summed E-state index contributed by atoms with van der Waals surface area (Å²) in [6, 6.07) is 1.39. The normalized spacial score (nSPS) is 10.5. The van der Waals surface area contributed by atoms with Crippen molar-refractivity contribution in [1.29, 1.82) is 0 Å². The lowest BCUT2D eigenvalue weighted by atomic mass is 10.2. The van der Waals surface area contributed by atoms with Crippen molar-refractivity contribution in [3.05, 3.63) is 29.3 Å². The summed E-state index contributed by atoms with van der Waals surface area (Å²) >= 11 is 0. The van der Waals surface area contributed by atoms with Gasteiger partial charge in [-0.05, 0) is 12.1 Å². The first-order valence-corrected chi connectivity index (χ1v) is 3.20. The van der Waals surface area contributed by atoms with Crippen molar-refractivity contribution in [3.8, 4) is 0 Å². The lowest BCUT2D eigenvalue weighted by molar-refractivity contribution is 0.0675. The van der Waals surface area contributed by atoms with Crippen LogP contribution in [0.15, 0.2) is 12.1 Å². The maximum atomic E-state index is 12.4. The average molecular weight is 191 g/mol. The molecule has 70 valence electrons. The number of hydrogen-bond donors (Lipinski definition) is 1. The van der Waals surface area contributed by atoms with Gasteiger partial charge in [-0.3, -0.25) is 0 Å². The van der Waals surface area contributed by atoms with E-state index in [2.05, 4.69) is 4.98 Å². The smallest absolute Gasteiger partial charge is 0.355 e. The van der Waals surface area contributed by atoms with Crippen LogP contribution in [-0.4, -0.2) is 16.1 Å². The predicted octanol–water partition coefficient (Wildman–Crippen LogP) is 1.86. The van der Waals surface area contributed by atoms with Gasteiger partial charge in [-0.2, -0.15) is 4.39 Å². The highest BCUT2D eigenvalue weighted by atomic mass is 19.3. The second-order valence-electron chi connectivity index (χ2n) is 2.18. The average Bonchev–Trinajstić information content (AvgIpc) is 2.03. The SMILES string of the molecule is O=C(O)c1nc(F)ccc1C(F)F. The van der Waals surface area contributed by atoms with Crippen LogP contribution in [0.2, 0.25) is 0 Å². The van der Waals surface area contributed by atoms with Crippen LogP contribution in [-0.2, 0) is 0 Å². The molecule has 0 saturated heterocycles. The van der Waals surface area contributed by atoms with E-state index in [-0.39, 0.29) is 0 Å². The molecule has 1 aromatic heterocycles. The molecule has 1 N–H and O–H groups in total. The molecule has 0 spiro atoms. The third-order valence-electron chi connectivity index (χ3n) is 1.33. The highest BCUT2D eigenvalue weighted by Crippen LogP contribution is 2.21. The predicted molar refractivity (Wildman–Crippen MR) is 36.1 cm³/mol. The Kier molecular flexibility index (Phi) is 2.50. The van der Waals surface area contributed by atoms with Crippen LogP contribution < -0.4 is 0 Å². The molecule has 0 saturated carbocycles. The lowest BCUT2D eigenvalue weighted by Gasteiger charge is -2.02. The molecule has 0 atom stereocenters. The van der Waals surface area contributed by atoms with Crippen LogP contribution in [0.1, 0.15) is 22.5 Å². The van der Waals surface area contributed by atoms with Crippen LogP contribution in [0.3, 0.4) is 0 Å². The molecular weight excluding hydrogens is 187 g/mol. The Hall–Kier alpha value is -1.59. The fourth-order valence-electron chi connectivity index (χ4n) is 0.793. The molecule has 1 rings (SSSR count). The minimum atomic E-state index is -2.97. The topological polar surface area (TPSA) is 50.2 Å². The van der Waals surface area contributed by atoms with E-state index in [1.54, 1.807) is 0 Å². The fraction of sp³-hybridized carbons (Fsp3) is 0.143. The molecule has 0 aliphatic rings. The molecule has 0 aliphatic heterocycles. The van der Waals surface area contributed by atoms with Gasteiger partial charge in [0, 0.05) is 0 Å². The van der Waals surface area contributed by atoms with E-state index in [1.807, 2.05) is 0 Å². The van der Waals surface area contributed by atoms with Gasteiger partial charge in [0.1, 0.15) is 0 Å². The zero-order valence-electron chi connectivity index (χ0n) is 6.17. The number of rotatable bonds is 2. The van der Waals surface area contributed by atoms with E-state index in [0.29, 0.717) is 12.1 Å². The molecule has 0 radical (unpaired) electrons. The summed E-state index contributed by atoms with van der Waals surface area (Å²) < 4.78 is 36.5. The summed E-state index contributed by atoms with van der Waals surface area (Å²) in [6.45, 7) is 0. The van der Waals surface area contributed by atoms with Crippen LogP contribution in [0.4, 0.5) is 13.2 Å². The fourth-order valence-corrected chi connectivity index (χ4v) is 0.793. The maximum Gasteiger partial charge on any atom is 0.355 e. The Balaban J connectivity index is 3.27. The minimum Gasteiger partial charge on any atom is -0.476 e. The van der Waals surface area contributed by atoms with E-state index >= 15 is 0 Å². The molecule has 0 amide bonds. The Labute approximate surface area is 70.8 Å². The number of aromatic carboxylic acids is 1. The number of hydrogen-bond acceptors (Lipinski definition) is 2. The number of nitrogens with zero attached hydrogens (tertiary/aromatic N) is 1. The molecular formula is C7H4F3NO2. The Morgan fingerprint density at radius 3 is 2.54 bits per heavy atom. The zero-order valence-corrected chi connectivity index (χ0v) is 6.17. The van der Waals surface area contributed by atoms with Crippen molar-refractivity contribution in [2.75, 3.05) is 0 Å². The zero-order chi connectivity index (χ0) is 10.0. The molecule has 1 heterocycles. The first kappa shape index (κ1) is 9.50. The standard InChI is InChI=1S/C7H4F3NO2/c8-4-2-1-3(6(9)10)5(11-4)7(12)13/h1-2,6H,(H,12,13). The first-order chi connectivity index (χ1) is 6.02. The van der Waals surface area contributed by atoms with Crippen molar-refractivity contribution < 1.29 is 23.1 Å². The monoisotopic (exact) mass is 191 g/mol. The van der Waals surface area contributed by atoms with Crippen molar-refractivity contribution >= 4 is 5.97 Å². The number of carbonyl (C=O) groups is 1. The largest absolute Gasteiger partial charge is 0.476 e. The van der Waals surface area contributed by atoms with Gasteiger partial charge < -0.3 is 5.11 Å². The van der Waals surface area contributed by atoms with Crippen LogP contribution in [0.5, 0.6) is 0 Å². The van der Waals surface area contributed by atoms with E-state index < -0.39 is 29.6 Å². The summed E-state index contributed by atoms with van der Waals surface area (Å²) in [7, 11) is 0. The van der Waals surface area contributed by atoms with Gasteiger partial charge in [-0.15, -0.1) is 0 Å².